The van der Waals surface area contributed by atoms with E-state index in [0.717, 1.165) is 53.7 Å². The van der Waals surface area contributed by atoms with Gasteiger partial charge in [-0.05, 0) is 25.1 Å². The molecule has 3 heterocycles. The van der Waals surface area contributed by atoms with Gasteiger partial charge in [-0.3, -0.25) is 14.6 Å². The fraction of sp³-hybridized carbons (Fsp3) is 0.280. The van der Waals surface area contributed by atoms with Gasteiger partial charge in [0.15, 0.2) is 0 Å². The molecule has 2 aromatic heterocycles. The molecule has 0 aliphatic carbocycles. The number of hydrogen-bond acceptors (Lipinski definition) is 5. The van der Waals surface area contributed by atoms with E-state index in [2.05, 4.69) is 47.1 Å². The lowest BCUT2D eigenvalue weighted by Crippen LogP contribution is -2.47. The van der Waals surface area contributed by atoms with E-state index in [9.17, 15) is 4.79 Å². The smallest absolute Gasteiger partial charge is 0.275 e. The third kappa shape index (κ3) is 4.50. The first-order chi connectivity index (χ1) is 15.6. The SMILES string of the molecule is Cc1ccc(-c2nn(CN3CCN(Cc4ccc(Cl)s4)CC3)c(=O)c3ccccc23)cc1. The van der Waals surface area contributed by atoms with Crippen molar-refractivity contribution in [2.24, 2.45) is 0 Å². The Labute approximate surface area is 196 Å². The molecule has 5 rings (SSSR count). The van der Waals surface area contributed by atoms with Crippen LogP contribution in [0.25, 0.3) is 22.0 Å². The van der Waals surface area contributed by atoms with Crippen LogP contribution in [-0.4, -0.2) is 45.8 Å². The minimum Gasteiger partial charge on any atom is -0.296 e. The van der Waals surface area contributed by atoms with Crippen LogP contribution in [0.15, 0.2) is 65.5 Å². The van der Waals surface area contributed by atoms with Crippen LogP contribution >= 0.6 is 22.9 Å². The van der Waals surface area contributed by atoms with Gasteiger partial charge in [-0.25, -0.2) is 4.68 Å². The molecule has 2 aromatic carbocycles. The van der Waals surface area contributed by atoms with Gasteiger partial charge in [-0.1, -0.05) is 59.6 Å². The summed E-state index contributed by atoms with van der Waals surface area (Å²) in [4.78, 5) is 19.2. The normalized spacial score (nSPS) is 15.4. The summed E-state index contributed by atoms with van der Waals surface area (Å²) in [6, 6.07) is 20.2. The highest BCUT2D eigenvalue weighted by atomic mass is 35.5. The average molecular weight is 465 g/mol. The summed E-state index contributed by atoms with van der Waals surface area (Å²) in [5.41, 5.74) is 3.05. The Kier molecular flexibility index (Phi) is 6.11. The standard InChI is InChI=1S/C25H25ClN4OS/c1-18-6-8-19(9-7-18)24-21-4-2-3-5-22(21)25(31)30(27-24)17-29-14-12-28(13-15-29)16-20-10-11-23(26)32-20/h2-11H,12-17H2,1H3. The maximum absolute atomic E-state index is 13.2. The van der Waals surface area contributed by atoms with Crippen molar-refractivity contribution in [1.82, 2.24) is 19.6 Å². The van der Waals surface area contributed by atoms with E-state index in [4.69, 9.17) is 16.7 Å². The van der Waals surface area contributed by atoms with Crippen LogP contribution in [0.5, 0.6) is 0 Å². The monoisotopic (exact) mass is 464 g/mol. The Morgan fingerprint density at radius 3 is 2.28 bits per heavy atom. The zero-order valence-corrected chi connectivity index (χ0v) is 19.6. The number of piperazine rings is 1. The molecular formula is C25H25ClN4OS. The van der Waals surface area contributed by atoms with Crippen LogP contribution in [-0.2, 0) is 13.2 Å². The first-order valence-corrected chi connectivity index (χ1v) is 12.0. The number of benzene rings is 2. The molecule has 1 aliphatic heterocycles. The van der Waals surface area contributed by atoms with Crippen LogP contribution in [0.1, 0.15) is 10.4 Å². The highest BCUT2D eigenvalue weighted by Crippen LogP contribution is 2.25. The highest BCUT2D eigenvalue weighted by molar-refractivity contribution is 7.16. The van der Waals surface area contributed by atoms with E-state index in [-0.39, 0.29) is 5.56 Å². The van der Waals surface area contributed by atoms with Crippen molar-refractivity contribution in [3.05, 3.63) is 85.8 Å². The Bertz CT molecular complexity index is 1290. The number of aryl methyl sites for hydroxylation is 1. The lowest BCUT2D eigenvalue weighted by Gasteiger charge is -2.34. The third-order valence-corrected chi connectivity index (χ3v) is 7.22. The fourth-order valence-electron chi connectivity index (χ4n) is 4.19. The molecule has 1 fully saturated rings. The summed E-state index contributed by atoms with van der Waals surface area (Å²) in [6.45, 7) is 7.23. The second kappa shape index (κ2) is 9.16. The molecule has 0 saturated carbocycles. The van der Waals surface area contributed by atoms with Gasteiger partial charge in [0.2, 0.25) is 0 Å². The van der Waals surface area contributed by atoms with Crippen LogP contribution < -0.4 is 5.56 Å². The Morgan fingerprint density at radius 2 is 1.59 bits per heavy atom. The number of fused-ring (bicyclic) bond motifs is 1. The van der Waals surface area contributed by atoms with Crippen LogP contribution in [0, 0.1) is 6.92 Å². The second-order valence-corrected chi connectivity index (χ2v) is 10.1. The van der Waals surface area contributed by atoms with Crippen molar-refractivity contribution < 1.29 is 0 Å². The summed E-state index contributed by atoms with van der Waals surface area (Å²) in [5, 5.41) is 6.43. The van der Waals surface area contributed by atoms with Crippen molar-refractivity contribution in [3.63, 3.8) is 0 Å². The molecule has 32 heavy (non-hydrogen) atoms. The second-order valence-electron chi connectivity index (χ2n) is 8.31. The van der Waals surface area contributed by atoms with Crippen LogP contribution in [0.2, 0.25) is 4.34 Å². The minimum absolute atomic E-state index is 0.0351. The number of rotatable bonds is 5. The van der Waals surface area contributed by atoms with Gasteiger partial charge >= 0.3 is 0 Å². The number of halogens is 1. The molecule has 164 valence electrons. The predicted octanol–water partition coefficient (Wildman–Crippen LogP) is 4.86. The fourth-order valence-corrected chi connectivity index (χ4v) is 5.32. The zero-order valence-electron chi connectivity index (χ0n) is 18.0. The molecule has 4 aromatic rings. The van der Waals surface area contributed by atoms with E-state index in [1.54, 1.807) is 16.0 Å². The quantitative estimate of drug-likeness (QED) is 0.423. The number of thiophene rings is 1. The van der Waals surface area contributed by atoms with Crippen molar-refractivity contribution in [2.45, 2.75) is 20.1 Å². The Morgan fingerprint density at radius 1 is 0.906 bits per heavy atom. The lowest BCUT2D eigenvalue weighted by atomic mass is 10.0. The summed E-state index contributed by atoms with van der Waals surface area (Å²) in [7, 11) is 0. The van der Waals surface area contributed by atoms with Gasteiger partial charge in [0, 0.05) is 48.6 Å². The number of aromatic nitrogens is 2. The first kappa shape index (κ1) is 21.3. The van der Waals surface area contributed by atoms with E-state index >= 15 is 0 Å². The average Bonchev–Trinajstić information content (AvgIpc) is 3.22. The number of nitrogens with zero attached hydrogens (tertiary/aromatic N) is 4. The third-order valence-electron chi connectivity index (χ3n) is 6.00. The minimum atomic E-state index is -0.0351. The van der Waals surface area contributed by atoms with Crippen molar-refractivity contribution in [2.75, 3.05) is 26.2 Å². The summed E-state index contributed by atoms with van der Waals surface area (Å²) in [6.07, 6.45) is 0. The van der Waals surface area contributed by atoms with E-state index in [0.29, 0.717) is 12.1 Å². The summed E-state index contributed by atoms with van der Waals surface area (Å²) in [5.74, 6) is 0. The van der Waals surface area contributed by atoms with Crippen molar-refractivity contribution >= 4 is 33.7 Å². The molecule has 0 atom stereocenters. The maximum Gasteiger partial charge on any atom is 0.275 e. The van der Waals surface area contributed by atoms with Gasteiger partial charge in [0.1, 0.15) is 0 Å². The van der Waals surface area contributed by atoms with E-state index < -0.39 is 0 Å². The van der Waals surface area contributed by atoms with Gasteiger partial charge in [0.25, 0.3) is 5.56 Å². The molecule has 1 saturated heterocycles. The topological polar surface area (TPSA) is 41.4 Å². The van der Waals surface area contributed by atoms with E-state index in [1.165, 1.54) is 10.4 Å². The lowest BCUT2D eigenvalue weighted by molar-refractivity contribution is 0.0979. The molecule has 0 amide bonds. The molecule has 5 nitrogen and oxygen atoms in total. The van der Waals surface area contributed by atoms with Crippen molar-refractivity contribution in [3.8, 4) is 11.3 Å². The summed E-state index contributed by atoms with van der Waals surface area (Å²) >= 11 is 7.71. The van der Waals surface area contributed by atoms with Crippen molar-refractivity contribution in [1.29, 1.82) is 0 Å². The molecule has 7 heteroatoms. The molecule has 1 aliphatic rings. The molecular weight excluding hydrogens is 440 g/mol. The van der Waals surface area contributed by atoms with Gasteiger partial charge < -0.3 is 0 Å². The predicted molar refractivity (Wildman–Crippen MR) is 132 cm³/mol. The molecule has 0 bridgehead atoms. The molecule has 0 unspecified atom stereocenters. The Balaban J connectivity index is 1.37. The maximum atomic E-state index is 13.2. The van der Waals surface area contributed by atoms with Gasteiger partial charge in [0.05, 0.1) is 22.1 Å². The van der Waals surface area contributed by atoms with Gasteiger partial charge in [-0.2, -0.15) is 5.10 Å². The number of hydrogen-bond donors (Lipinski definition) is 0. The zero-order chi connectivity index (χ0) is 22.1. The molecule has 0 N–H and O–H groups in total. The van der Waals surface area contributed by atoms with Gasteiger partial charge in [-0.15, -0.1) is 11.3 Å². The highest BCUT2D eigenvalue weighted by Gasteiger charge is 2.20. The summed E-state index contributed by atoms with van der Waals surface area (Å²) < 4.78 is 2.47. The van der Waals surface area contributed by atoms with Crippen LogP contribution in [0.4, 0.5) is 0 Å². The first-order valence-electron chi connectivity index (χ1n) is 10.8. The van der Waals surface area contributed by atoms with E-state index in [1.807, 2.05) is 30.3 Å². The molecule has 0 radical (unpaired) electrons. The Hall–Kier alpha value is -2.51. The van der Waals surface area contributed by atoms with Crippen LogP contribution in [0.3, 0.4) is 0 Å². The largest absolute Gasteiger partial charge is 0.296 e. The molecule has 0 spiro atoms.